The predicted molar refractivity (Wildman–Crippen MR) is 60.0 cm³/mol. The van der Waals surface area contributed by atoms with Crippen molar-refractivity contribution in [2.24, 2.45) is 0 Å². The topological polar surface area (TPSA) is 74.7 Å². The fraction of sp³-hybridized carbons (Fsp3) is 0. The molecular formula is C11H6ClNO4. The highest BCUT2D eigenvalue weighted by atomic mass is 35.5. The highest BCUT2D eigenvalue weighted by Gasteiger charge is 2.27. The normalized spacial score (nSPS) is 14.5. The third-order valence-corrected chi connectivity index (χ3v) is 2.55. The van der Waals surface area contributed by atoms with Crippen molar-refractivity contribution in [1.29, 1.82) is 0 Å². The number of carbonyl (C=O) groups excluding carboxylic acids is 2. The van der Waals surface area contributed by atoms with Crippen LogP contribution < -0.4 is 4.90 Å². The summed E-state index contributed by atoms with van der Waals surface area (Å²) in [6.45, 7) is 0. The summed E-state index contributed by atoms with van der Waals surface area (Å²) in [7, 11) is 0. The molecule has 5 nitrogen and oxygen atoms in total. The number of aromatic carboxylic acids is 1. The molecule has 2 rings (SSSR count). The number of benzene rings is 1. The van der Waals surface area contributed by atoms with E-state index in [1.165, 1.54) is 18.2 Å². The monoisotopic (exact) mass is 251 g/mol. The number of anilines is 1. The first-order valence-corrected chi connectivity index (χ1v) is 4.97. The Morgan fingerprint density at radius 1 is 1.18 bits per heavy atom. The molecule has 86 valence electrons. The van der Waals surface area contributed by atoms with Crippen molar-refractivity contribution in [3.63, 3.8) is 0 Å². The Bertz CT molecular complexity index is 547. The van der Waals surface area contributed by atoms with E-state index in [0.717, 1.165) is 17.1 Å². The van der Waals surface area contributed by atoms with E-state index in [0.29, 0.717) is 0 Å². The molecular weight excluding hydrogens is 246 g/mol. The number of rotatable bonds is 2. The lowest BCUT2D eigenvalue weighted by Crippen LogP contribution is -2.29. The number of amides is 2. The van der Waals surface area contributed by atoms with Crippen molar-refractivity contribution in [3.8, 4) is 0 Å². The molecule has 0 aliphatic carbocycles. The first kappa shape index (κ1) is 11.3. The lowest BCUT2D eigenvalue weighted by atomic mass is 10.2. The number of carboxylic acid groups (broad SMARTS) is 1. The van der Waals surface area contributed by atoms with Gasteiger partial charge in [-0.1, -0.05) is 11.6 Å². The quantitative estimate of drug-likeness (QED) is 0.808. The van der Waals surface area contributed by atoms with Gasteiger partial charge in [-0.3, -0.25) is 9.59 Å². The Balaban J connectivity index is 2.44. The van der Waals surface area contributed by atoms with Crippen LogP contribution in [-0.4, -0.2) is 22.9 Å². The molecule has 0 spiro atoms. The Labute approximate surface area is 101 Å². The van der Waals surface area contributed by atoms with Crippen molar-refractivity contribution in [1.82, 2.24) is 0 Å². The molecule has 0 saturated heterocycles. The molecule has 0 saturated carbocycles. The fourth-order valence-electron chi connectivity index (χ4n) is 1.46. The summed E-state index contributed by atoms with van der Waals surface area (Å²) < 4.78 is 0. The summed E-state index contributed by atoms with van der Waals surface area (Å²) in [6, 6.07) is 3.80. The van der Waals surface area contributed by atoms with Gasteiger partial charge in [-0.15, -0.1) is 0 Å². The van der Waals surface area contributed by atoms with Crippen LogP contribution in [0.1, 0.15) is 10.4 Å². The van der Waals surface area contributed by atoms with E-state index in [1.54, 1.807) is 0 Å². The third-order valence-electron chi connectivity index (χ3n) is 2.24. The predicted octanol–water partition coefficient (Wildman–Crippen LogP) is 1.47. The van der Waals surface area contributed by atoms with Crippen LogP contribution in [0, 0.1) is 0 Å². The number of halogens is 1. The number of carbonyl (C=O) groups is 3. The number of hydrogen-bond donors (Lipinski definition) is 1. The van der Waals surface area contributed by atoms with Gasteiger partial charge in [-0.25, -0.2) is 9.69 Å². The van der Waals surface area contributed by atoms with Crippen molar-refractivity contribution < 1.29 is 19.5 Å². The fourth-order valence-corrected chi connectivity index (χ4v) is 1.72. The second kappa shape index (κ2) is 4.03. The Morgan fingerprint density at radius 2 is 1.76 bits per heavy atom. The van der Waals surface area contributed by atoms with E-state index in [2.05, 4.69) is 0 Å². The van der Waals surface area contributed by atoms with Gasteiger partial charge in [0.1, 0.15) is 0 Å². The molecule has 1 N–H and O–H groups in total. The maximum Gasteiger partial charge on any atom is 0.335 e. The van der Waals surface area contributed by atoms with Gasteiger partial charge in [-0.2, -0.15) is 0 Å². The zero-order valence-corrected chi connectivity index (χ0v) is 9.14. The van der Waals surface area contributed by atoms with Gasteiger partial charge < -0.3 is 5.11 Å². The van der Waals surface area contributed by atoms with Crippen molar-refractivity contribution in [2.75, 3.05) is 4.90 Å². The minimum atomic E-state index is -1.13. The van der Waals surface area contributed by atoms with Crippen LogP contribution in [0.2, 0.25) is 5.02 Å². The van der Waals surface area contributed by atoms with Crippen molar-refractivity contribution >= 4 is 35.1 Å². The smallest absolute Gasteiger partial charge is 0.335 e. The minimum Gasteiger partial charge on any atom is -0.478 e. The lowest BCUT2D eigenvalue weighted by molar-refractivity contribution is -0.119. The van der Waals surface area contributed by atoms with Crippen LogP contribution in [0.3, 0.4) is 0 Å². The molecule has 6 heteroatoms. The summed E-state index contributed by atoms with van der Waals surface area (Å²) in [5.74, 6) is -2.13. The summed E-state index contributed by atoms with van der Waals surface area (Å²) in [5.41, 5.74) is 0.169. The second-order valence-electron chi connectivity index (χ2n) is 3.32. The molecule has 1 aromatic rings. The first-order valence-electron chi connectivity index (χ1n) is 4.59. The molecule has 1 aliphatic rings. The molecule has 0 fully saturated rings. The van der Waals surface area contributed by atoms with Crippen molar-refractivity contribution in [3.05, 3.63) is 40.9 Å². The van der Waals surface area contributed by atoms with E-state index in [1.807, 2.05) is 0 Å². The SMILES string of the molecule is O=C(O)c1ccc(N2C(=O)C=CC2=O)c(Cl)c1. The zero-order valence-electron chi connectivity index (χ0n) is 8.38. The molecule has 0 radical (unpaired) electrons. The van der Waals surface area contributed by atoms with Crippen LogP contribution in [-0.2, 0) is 9.59 Å². The molecule has 2 amide bonds. The van der Waals surface area contributed by atoms with Gasteiger partial charge in [0.2, 0.25) is 0 Å². The van der Waals surface area contributed by atoms with Gasteiger partial charge in [0.15, 0.2) is 0 Å². The highest BCUT2D eigenvalue weighted by molar-refractivity contribution is 6.37. The average molecular weight is 252 g/mol. The van der Waals surface area contributed by atoms with E-state index in [9.17, 15) is 14.4 Å². The molecule has 0 atom stereocenters. The number of carboxylic acids is 1. The second-order valence-corrected chi connectivity index (χ2v) is 3.72. The summed E-state index contributed by atoms with van der Waals surface area (Å²) >= 11 is 5.85. The van der Waals surface area contributed by atoms with Gasteiger partial charge >= 0.3 is 5.97 Å². The van der Waals surface area contributed by atoms with Crippen LogP contribution in [0.15, 0.2) is 30.4 Å². The number of nitrogens with zero attached hydrogens (tertiary/aromatic N) is 1. The van der Waals surface area contributed by atoms with E-state index >= 15 is 0 Å². The lowest BCUT2D eigenvalue weighted by Gasteiger charge is -2.15. The Kier molecular flexibility index (Phi) is 2.69. The van der Waals surface area contributed by atoms with E-state index in [4.69, 9.17) is 16.7 Å². The number of hydrogen-bond acceptors (Lipinski definition) is 3. The van der Waals surface area contributed by atoms with E-state index < -0.39 is 17.8 Å². The summed E-state index contributed by atoms with van der Waals surface area (Å²) in [4.78, 5) is 34.4. The van der Waals surface area contributed by atoms with Crippen LogP contribution in [0.4, 0.5) is 5.69 Å². The van der Waals surface area contributed by atoms with Gasteiger partial charge in [0.05, 0.1) is 16.3 Å². The van der Waals surface area contributed by atoms with Gasteiger partial charge in [-0.05, 0) is 18.2 Å². The average Bonchev–Trinajstić information content (AvgIpc) is 2.59. The molecule has 1 aromatic carbocycles. The zero-order chi connectivity index (χ0) is 12.6. The molecule has 1 heterocycles. The van der Waals surface area contributed by atoms with Crippen LogP contribution in [0.5, 0.6) is 0 Å². The molecule has 0 bridgehead atoms. The first-order chi connectivity index (χ1) is 8.00. The highest BCUT2D eigenvalue weighted by Crippen LogP contribution is 2.29. The molecule has 17 heavy (non-hydrogen) atoms. The van der Waals surface area contributed by atoms with Crippen LogP contribution in [0.25, 0.3) is 0 Å². The standard InChI is InChI=1S/C11H6ClNO4/c12-7-5-6(11(16)17)1-2-8(7)13-9(14)3-4-10(13)15/h1-5H,(H,16,17). The van der Waals surface area contributed by atoms with Crippen LogP contribution >= 0.6 is 11.6 Å². The molecule has 0 unspecified atom stereocenters. The Hall–Kier alpha value is -2.14. The minimum absolute atomic E-state index is 0.00851. The third kappa shape index (κ3) is 1.92. The van der Waals surface area contributed by atoms with Gasteiger partial charge in [0.25, 0.3) is 11.8 Å². The molecule has 1 aliphatic heterocycles. The maximum absolute atomic E-state index is 11.4. The van der Waals surface area contributed by atoms with Gasteiger partial charge in [0, 0.05) is 12.2 Å². The molecule has 0 aromatic heterocycles. The number of imide groups is 1. The summed E-state index contributed by atoms with van der Waals surface area (Å²) in [5, 5.41) is 8.79. The maximum atomic E-state index is 11.4. The summed E-state index contributed by atoms with van der Waals surface area (Å²) in [6.07, 6.45) is 2.26. The van der Waals surface area contributed by atoms with Crippen molar-refractivity contribution in [2.45, 2.75) is 0 Å². The largest absolute Gasteiger partial charge is 0.478 e. The van der Waals surface area contributed by atoms with E-state index in [-0.39, 0.29) is 16.3 Å². The Morgan fingerprint density at radius 3 is 2.24 bits per heavy atom.